The summed E-state index contributed by atoms with van der Waals surface area (Å²) in [4.78, 5) is 0. The lowest BCUT2D eigenvalue weighted by atomic mass is 9.94. The molecule has 0 aromatic heterocycles. The van der Waals surface area contributed by atoms with Crippen LogP contribution in [0.5, 0.6) is 0 Å². The Hall–Kier alpha value is -1.86. The van der Waals surface area contributed by atoms with Crippen LogP contribution in [0.2, 0.25) is 0 Å². The summed E-state index contributed by atoms with van der Waals surface area (Å²) in [6.45, 7) is 2.81. The topological polar surface area (TPSA) is 26.0 Å². The Bertz CT molecular complexity index is 638. The summed E-state index contributed by atoms with van der Waals surface area (Å²) in [7, 11) is 0. The molecule has 0 amide bonds. The molecule has 0 bridgehead atoms. The largest absolute Gasteiger partial charge is 0.326 e. The highest BCUT2D eigenvalue weighted by Crippen LogP contribution is 2.36. The van der Waals surface area contributed by atoms with E-state index in [9.17, 15) is 0 Å². The average Bonchev–Trinajstić information content (AvgIpc) is 2.90. The van der Waals surface area contributed by atoms with Crippen LogP contribution in [0.3, 0.4) is 0 Å². The van der Waals surface area contributed by atoms with Crippen molar-refractivity contribution in [3.05, 3.63) is 64.7 Å². The van der Waals surface area contributed by atoms with E-state index < -0.39 is 0 Å². The molecule has 19 heavy (non-hydrogen) atoms. The van der Waals surface area contributed by atoms with E-state index in [0.717, 1.165) is 12.8 Å². The van der Waals surface area contributed by atoms with Gasteiger partial charge in [0.25, 0.3) is 0 Å². The Morgan fingerprint density at radius 1 is 1.00 bits per heavy atom. The van der Waals surface area contributed by atoms with Crippen molar-refractivity contribution in [2.24, 2.45) is 5.73 Å². The predicted molar refractivity (Wildman–Crippen MR) is 81.7 cm³/mol. The number of allylic oxidation sites excluding steroid dienone is 1. The van der Waals surface area contributed by atoms with Crippen LogP contribution in [0, 0.1) is 0 Å². The van der Waals surface area contributed by atoms with Crippen LogP contribution in [0.15, 0.2) is 48.0 Å². The van der Waals surface area contributed by atoms with Gasteiger partial charge in [-0.25, -0.2) is 0 Å². The van der Waals surface area contributed by atoms with Gasteiger partial charge >= 0.3 is 0 Å². The van der Waals surface area contributed by atoms with Crippen molar-refractivity contribution in [1.29, 1.82) is 0 Å². The summed E-state index contributed by atoms with van der Waals surface area (Å²) in [6.07, 6.45) is 4.59. The number of benzene rings is 2. The predicted octanol–water partition coefficient (Wildman–Crippen LogP) is 4.16. The second kappa shape index (κ2) is 5.02. The van der Waals surface area contributed by atoms with E-state index in [0.29, 0.717) is 6.54 Å². The summed E-state index contributed by atoms with van der Waals surface area (Å²) >= 11 is 0. The average molecular weight is 249 g/mol. The van der Waals surface area contributed by atoms with E-state index in [4.69, 9.17) is 5.73 Å². The molecule has 1 aliphatic carbocycles. The molecular formula is C18H19N. The van der Waals surface area contributed by atoms with Crippen molar-refractivity contribution < 1.29 is 0 Å². The van der Waals surface area contributed by atoms with E-state index >= 15 is 0 Å². The van der Waals surface area contributed by atoms with Crippen molar-refractivity contribution in [1.82, 2.24) is 0 Å². The van der Waals surface area contributed by atoms with Crippen LogP contribution in [-0.2, 0) is 13.0 Å². The fourth-order valence-corrected chi connectivity index (χ4v) is 2.86. The maximum absolute atomic E-state index is 5.87. The number of nitrogens with two attached hydrogens (primary N) is 1. The van der Waals surface area contributed by atoms with Gasteiger partial charge in [-0.2, -0.15) is 0 Å². The van der Waals surface area contributed by atoms with Gasteiger partial charge in [0.05, 0.1) is 0 Å². The fraction of sp³-hybridized carbons (Fsp3) is 0.222. The van der Waals surface area contributed by atoms with E-state index in [1.807, 2.05) is 0 Å². The second-order valence-corrected chi connectivity index (χ2v) is 5.07. The van der Waals surface area contributed by atoms with Gasteiger partial charge in [-0.15, -0.1) is 0 Å². The van der Waals surface area contributed by atoms with Crippen molar-refractivity contribution in [2.75, 3.05) is 0 Å². The first-order chi connectivity index (χ1) is 9.33. The van der Waals surface area contributed by atoms with E-state index in [-0.39, 0.29) is 0 Å². The van der Waals surface area contributed by atoms with Gasteiger partial charge in [0.1, 0.15) is 0 Å². The molecule has 0 atom stereocenters. The lowest BCUT2D eigenvalue weighted by Gasteiger charge is -2.11. The Balaban J connectivity index is 2.17. The highest BCUT2D eigenvalue weighted by Gasteiger charge is 2.16. The SMILES string of the molecule is CCC1=Cc2c(cccc2-c2ccccc2CN)C1. The minimum atomic E-state index is 0.587. The zero-order chi connectivity index (χ0) is 13.2. The van der Waals surface area contributed by atoms with E-state index in [1.165, 1.54) is 33.4 Å². The highest BCUT2D eigenvalue weighted by molar-refractivity contribution is 5.82. The van der Waals surface area contributed by atoms with Crippen molar-refractivity contribution in [3.63, 3.8) is 0 Å². The fourth-order valence-electron chi connectivity index (χ4n) is 2.86. The van der Waals surface area contributed by atoms with E-state index in [1.54, 1.807) is 0 Å². The summed E-state index contributed by atoms with van der Waals surface area (Å²) in [6, 6.07) is 15.1. The standard InChI is InChI=1S/C18H19N/c1-2-13-10-14-7-5-9-17(18(14)11-13)16-8-4-3-6-15(16)12-19/h3-9,11H,2,10,12,19H2,1H3. The maximum atomic E-state index is 5.87. The smallest absolute Gasteiger partial charge is 0.0184 e. The highest BCUT2D eigenvalue weighted by atomic mass is 14.5. The molecular weight excluding hydrogens is 230 g/mol. The third-order valence-corrected chi connectivity index (χ3v) is 3.94. The van der Waals surface area contributed by atoms with Gasteiger partial charge in [0, 0.05) is 6.54 Å². The zero-order valence-corrected chi connectivity index (χ0v) is 11.3. The third-order valence-electron chi connectivity index (χ3n) is 3.94. The molecule has 1 aliphatic rings. The van der Waals surface area contributed by atoms with Crippen LogP contribution in [-0.4, -0.2) is 0 Å². The summed E-state index contributed by atoms with van der Waals surface area (Å²) in [5, 5.41) is 0. The van der Waals surface area contributed by atoms with Crippen molar-refractivity contribution >= 4 is 6.08 Å². The van der Waals surface area contributed by atoms with Gasteiger partial charge in [0.15, 0.2) is 0 Å². The van der Waals surface area contributed by atoms with Gasteiger partial charge in [-0.3, -0.25) is 0 Å². The molecule has 0 saturated heterocycles. The summed E-state index contributed by atoms with van der Waals surface area (Å²) in [5.74, 6) is 0. The lowest BCUT2D eigenvalue weighted by molar-refractivity contribution is 1.04. The molecule has 2 aromatic rings. The molecule has 1 nitrogen and oxygen atoms in total. The Kier molecular flexibility index (Phi) is 3.22. The van der Waals surface area contributed by atoms with Gasteiger partial charge in [-0.1, -0.05) is 61.0 Å². The zero-order valence-electron chi connectivity index (χ0n) is 11.3. The maximum Gasteiger partial charge on any atom is 0.0184 e. The molecule has 0 aliphatic heterocycles. The van der Waals surface area contributed by atoms with Crippen molar-refractivity contribution in [2.45, 2.75) is 26.3 Å². The molecule has 1 heteroatoms. The van der Waals surface area contributed by atoms with Gasteiger partial charge in [-0.05, 0) is 40.7 Å². The molecule has 0 fully saturated rings. The van der Waals surface area contributed by atoms with E-state index in [2.05, 4.69) is 55.5 Å². The van der Waals surface area contributed by atoms with Crippen molar-refractivity contribution in [3.8, 4) is 11.1 Å². The Labute approximate surface area is 114 Å². The Morgan fingerprint density at radius 2 is 1.79 bits per heavy atom. The minimum absolute atomic E-state index is 0.587. The first-order valence-corrected chi connectivity index (χ1v) is 6.93. The molecule has 0 saturated carbocycles. The molecule has 3 rings (SSSR count). The molecule has 0 spiro atoms. The molecule has 2 aromatic carbocycles. The van der Waals surface area contributed by atoms with Crippen LogP contribution < -0.4 is 5.73 Å². The van der Waals surface area contributed by atoms with Crippen LogP contribution >= 0.6 is 0 Å². The number of rotatable bonds is 3. The number of hydrogen-bond acceptors (Lipinski definition) is 1. The first-order valence-electron chi connectivity index (χ1n) is 6.93. The van der Waals surface area contributed by atoms with Crippen LogP contribution in [0.25, 0.3) is 17.2 Å². The van der Waals surface area contributed by atoms with Crippen LogP contribution in [0.1, 0.15) is 30.0 Å². The summed E-state index contributed by atoms with van der Waals surface area (Å²) in [5.41, 5.74) is 14.0. The van der Waals surface area contributed by atoms with Gasteiger partial charge < -0.3 is 5.73 Å². The summed E-state index contributed by atoms with van der Waals surface area (Å²) < 4.78 is 0. The normalized spacial score (nSPS) is 13.3. The number of fused-ring (bicyclic) bond motifs is 1. The molecule has 2 N–H and O–H groups in total. The molecule has 96 valence electrons. The lowest BCUT2D eigenvalue weighted by Crippen LogP contribution is -1.99. The Morgan fingerprint density at radius 3 is 2.58 bits per heavy atom. The minimum Gasteiger partial charge on any atom is -0.326 e. The monoisotopic (exact) mass is 249 g/mol. The first kappa shape index (κ1) is 12.2. The van der Waals surface area contributed by atoms with Gasteiger partial charge in [0.2, 0.25) is 0 Å². The van der Waals surface area contributed by atoms with Crippen LogP contribution in [0.4, 0.5) is 0 Å². The third kappa shape index (κ3) is 2.11. The number of hydrogen-bond donors (Lipinski definition) is 1. The molecule has 0 unspecified atom stereocenters. The quantitative estimate of drug-likeness (QED) is 0.868. The molecule has 0 heterocycles. The molecule has 0 radical (unpaired) electrons. The second-order valence-electron chi connectivity index (χ2n) is 5.07.